The molecule has 1 unspecified atom stereocenters. The van der Waals surface area contributed by atoms with Crippen LogP contribution in [0.25, 0.3) is 0 Å². The van der Waals surface area contributed by atoms with Crippen LogP contribution in [-0.2, 0) is 9.47 Å². The molecule has 6 heteroatoms. The number of para-hydroxylation sites is 1. The monoisotopic (exact) mass is 370 g/mol. The number of hydrogen-bond donors (Lipinski definition) is 1. The quantitative estimate of drug-likeness (QED) is 0.686. The van der Waals surface area contributed by atoms with Gasteiger partial charge < -0.3 is 24.4 Å². The summed E-state index contributed by atoms with van der Waals surface area (Å²) in [5.41, 5.74) is 2.47. The van der Waals surface area contributed by atoms with Gasteiger partial charge in [-0.2, -0.15) is 0 Å². The molecule has 1 amide bonds. The molecule has 1 aliphatic rings. The minimum Gasteiger partial charge on any atom is -0.491 e. The van der Waals surface area contributed by atoms with E-state index in [-0.39, 0.29) is 12.1 Å². The Labute approximate surface area is 160 Å². The van der Waals surface area contributed by atoms with Crippen LogP contribution in [0.1, 0.15) is 29.0 Å². The van der Waals surface area contributed by atoms with E-state index in [0.29, 0.717) is 38.5 Å². The summed E-state index contributed by atoms with van der Waals surface area (Å²) in [7, 11) is 1.64. The van der Waals surface area contributed by atoms with Crippen LogP contribution < -0.4 is 10.1 Å². The molecule has 0 saturated heterocycles. The van der Waals surface area contributed by atoms with Crippen LogP contribution in [0.5, 0.6) is 5.75 Å². The summed E-state index contributed by atoms with van der Waals surface area (Å²) in [6.45, 7) is 4.64. The van der Waals surface area contributed by atoms with Crippen molar-refractivity contribution >= 4 is 11.6 Å². The fraction of sp³-hybridized carbons (Fsp3) is 0.381. The van der Waals surface area contributed by atoms with Crippen molar-refractivity contribution in [2.24, 2.45) is 0 Å². The molecule has 0 aliphatic carbocycles. The average molecular weight is 370 g/mol. The molecule has 1 aliphatic heterocycles. The van der Waals surface area contributed by atoms with Gasteiger partial charge in [-0.25, -0.2) is 0 Å². The molecule has 1 heterocycles. The predicted octanol–water partition coefficient (Wildman–Crippen LogP) is 3.31. The zero-order valence-corrected chi connectivity index (χ0v) is 15.8. The second kappa shape index (κ2) is 9.39. The first-order valence-electron chi connectivity index (χ1n) is 9.20. The van der Waals surface area contributed by atoms with Gasteiger partial charge in [-0.15, -0.1) is 0 Å². The number of amides is 1. The van der Waals surface area contributed by atoms with E-state index in [0.717, 1.165) is 17.0 Å². The SMILES string of the molecule is CCOCCOc1cccc(C2Nc3ccccc3C(=O)N2CCOC)c1. The van der Waals surface area contributed by atoms with Gasteiger partial charge in [-0.1, -0.05) is 24.3 Å². The highest BCUT2D eigenvalue weighted by Gasteiger charge is 2.32. The van der Waals surface area contributed by atoms with E-state index in [2.05, 4.69) is 5.32 Å². The first-order valence-corrected chi connectivity index (χ1v) is 9.20. The molecule has 2 aromatic carbocycles. The Morgan fingerprint density at radius 1 is 1.07 bits per heavy atom. The molecule has 0 saturated carbocycles. The molecule has 0 aromatic heterocycles. The van der Waals surface area contributed by atoms with Crippen LogP contribution in [0.4, 0.5) is 5.69 Å². The Morgan fingerprint density at radius 2 is 1.93 bits per heavy atom. The molecule has 0 bridgehead atoms. The zero-order chi connectivity index (χ0) is 19.1. The van der Waals surface area contributed by atoms with Crippen molar-refractivity contribution in [3.8, 4) is 5.75 Å². The summed E-state index contributed by atoms with van der Waals surface area (Å²) in [6.07, 6.45) is -0.280. The van der Waals surface area contributed by atoms with Crippen molar-refractivity contribution in [2.75, 3.05) is 45.4 Å². The van der Waals surface area contributed by atoms with Gasteiger partial charge >= 0.3 is 0 Å². The molecule has 0 radical (unpaired) electrons. The molecule has 2 aromatic rings. The van der Waals surface area contributed by atoms with Gasteiger partial charge in [0.25, 0.3) is 5.91 Å². The first kappa shape index (κ1) is 19.2. The van der Waals surface area contributed by atoms with Crippen LogP contribution in [0.15, 0.2) is 48.5 Å². The number of fused-ring (bicyclic) bond motifs is 1. The number of nitrogens with zero attached hydrogens (tertiary/aromatic N) is 1. The normalized spacial score (nSPS) is 16.0. The molecular formula is C21H26N2O4. The van der Waals surface area contributed by atoms with Gasteiger partial charge in [-0.05, 0) is 36.8 Å². The average Bonchev–Trinajstić information content (AvgIpc) is 2.71. The van der Waals surface area contributed by atoms with Gasteiger partial charge in [0.05, 0.1) is 18.8 Å². The molecule has 3 rings (SSSR count). The van der Waals surface area contributed by atoms with Gasteiger partial charge in [0.1, 0.15) is 18.5 Å². The third-order valence-electron chi connectivity index (χ3n) is 4.43. The highest BCUT2D eigenvalue weighted by Crippen LogP contribution is 2.33. The lowest BCUT2D eigenvalue weighted by atomic mass is 10.0. The number of nitrogens with one attached hydrogen (secondary N) is 1. The van der Waals surface area contributed by atoms with Gasteiger partial charge in [-0.3, -0.25) is 4.79 Å². The predicted molar refractivity (Wildman–Crippen MR) is 104 cm³/mol. The minimum absolute atomic E-state index is 0.00549. The third-order valence-corrected chi connectivity index (χ3v) is 4.43. The molecule has 1 atom stereocenters. The van der Waals surface area contributed by atoms with Gasteiger partial charge in [0, 0.05) is 25.9 Å². The summed E-state index contributed by atoms with van der Waals surface area (Å²) >= 11 is 0. The maximum absolute atomic E-state index is 13.0. The fourth-order valence-corrected chi connectivity index (χ4v) is 3.11. The highest BCUT2D eigenvalue weighted by molar-refractivity contribution is 6.01. The van der Waals surface area contributed by atoms with Crippen molar-refractivity contribution in [3.63, 3.8) is 0 Å². The maximum Gasteiger partial charge on any atom is 0.257 e. The first-order chi connectivity index (χ1) is 13.2. The number of anilines is 1. The summed E-state index contributed by atoms with van der Waals surface area (Å²) < 4.78 is 16.3. The van der Waals surface area contributed by atoms with Crippen molar-refractivity contribution in [2.45, 2.75) is 13.1 Å². The Hall–Kier alpha value is -2.57. The van der Waals surface area contributed by atoms with E-state index in [1.165, 1.54) is 0 Å². The Balaban J connectivity index is 1.83. The summed E-state index contributed by atoms with van der Waals surface area (Å²) in [5.74, 6) is 0.751. The molecular weight excluding hydrogens is 344 g/mol. The minimum atomic E-state index is -0.280. The lowest BCUT2D eigenvalue weighted by molar-refractivity contribution is 0.0609. The molecule has 0 fully saturated rings. The highest BCUT2D eigenvalue weighted by atomic mass is 16.5. The van der Waals surface area contributed by atoms with E-state index in [1.807, 2.05) is 55.5 Å². The molecule has 6 nitrogen and oxygen atoms in total. The van der Waals surface area contributed by atoms with Crippen LogP contribution in [-0.4, -0.2) is 50.9 Å². The van der Waals surface area contributed by atoms with Crippen molar-refractivity contribution < 1.29 is 19.0 Å². The second-order valence-corrected chi connectivity index (χ2v) is 6.20. The van der Waals surface area contributed by atoms with Crippen LogP contribution >= 0.6 is 0 Å². The van der Waals surface area contributed by atoms with E-state index in [9.17, 15) is 4.79 Å². The van der Waals surface area contributed by atoms with E-state index in [1.54, 1.807) is 12.0 Å². The Morgan fingerprint density at radius 3 is 2.74 bits per heavy atom. The summed E-state index contributed by atoms with van der Waals surface area (Å²) in [5, 5.41) is 3.48. The van der Waals surface area contributed by atoms with Crippen LogP contribution in [0.2, 0.25) is 0 Å². The van der Waals surface area contributed by atoms with Crippen molar-refractivity contribution in [1.82, 2.24) is 4.90 Å². The van der Waals surface area contributed by atoms with E-state index in [4.69, 9.17) is 14.2 Å². The van der Waals surface area contributed by atoms with Crippen molar-refractivity contribution in [1.29, 1.82) is 0 Å². The lowest BCUT2D eigenvalue weighted by Gasteiger charge is -2.38. The number of ether oxygens (including phenoxy) is 3. The Kier molecular flexibility index (Phi) is 6.68. The number of carbonyl (C=O) groups excluding carboxylic acids is 1. The maximum atomic E-state index is 13.0. The largest absolute Gasteiger partial charge is 0.491 e. The zero-order valence-electron chi connectivity index (χ0n) is 15.8. The smallest absolute Gasteiger partial charge is 0.257 e. The third kappa shape index (κ3) is 4.59. The van der Waals surface area contributed by atoms with Crippen LogP contribution in [0.3, 0.4) is 0 Å². The molecule has 144 valence electrons. The number of hydrogen-bond acceptors (Lipinski definition) is 5. The molecule has 27 heavy (non-hydrogen) atoms. The number of benzene rings is 2. The molecule has 1 N–H and O–H groups in total. The van der Waals surface area contributed by atoms with Gasteiger partial charge in [0.2, 0.25) is 0 Å². The molecule has 0 spiro atoms. The lowest BCUT2D eigenvalue weighted by Crippen LogP contribution is -2.44. The van der Waals surface area contributed by atoms with Crippen LogP contribution in [0, 0.1) is 0 Å². The van der Waals surface area contributed by atoms with Gasteiger partial charge in [0.15, 0.2) is 0 Å². The van der Waals surface area contributed by atoms with E-state index >= 15 is 0 Å². The fourth-order valence-electron chi connectivity index (χ4n) is 3.11. The standard InChI is InChI=1S/C21H26N2O4/c1-3-26-13-14-27-17-8-6-7-16(15-17)20-22-19-10-5-4-9-18(19)21(24)23(20)11-12-25-2/h4-10,15,20,22H,3,11-14H2,1-2H3. The summed E-state index contributed by atoms with van der Waals surface area (Å²) in [4.78, 5) is 14.8. The Bertz CT molecular complexity index is 765. The number of carbonyl (C=O) groups is 1. The summed E-state index contributed by atoms with van der Waals surface area (Å²) in [6, 6.07) is 15.4. The topological polar surface area (TPSA) is 60.0 Å². The number of methoxy groups -OCH3 is 1. The van der Waals surface area contributed by atoms with E-state index < -0.39 is 0 Å². The van der Waals surface area contributed by atoms with Crippen molar-refractivity contribution in [3.05, 3.63) is 59.7 Å². The second-order valence-electron chi connectivity index (χ2n) is 6.20. The number of rotatable bonds is 9.